The molecule has 2 aliphatic rings. The molecule has 2 heterocycles. The zero-order valence-corrected chi connectivity index (χ0v) is 12.5. The largest absolute Gasteiger partial charge is 0.492 e. The number of hydrogen-bond donors (Lipinski definition) is 1. The highest BCUT2D eigenvalue weighted by molar-refractivity contribution is 5.80. The Bertz CT molecular complexity index is 520. The van der Waals surface area contributed by atoms with Gasteiger partial charge in [-0.3, -0.25) is 4.79 Å². The zero-order chi connectivity index (χ0) is 14.8. The van der Waals surface area contributed by atoms with E-state index in [4.69, 9.17) is 10.5 Å². The number of fused-ring (bicyclic) bond motifs is 1. The second kappa shape index (κ2) is 6.03. The molecule has 0 spiro atoms. The third kappa shape index (κ3) is 2.89. The molecule has 5 nitrogen and oxygen atoms in total. The molecule has 2 N–H and O–H groups in total. The van der Waals surface area contributed by atoms with E-state index in [0.717, 1.165) is 37.4 Å². The number of carbonyl (C=O) groups is 1. The number of amides is 1. The number of para-hydroxylation sites is 1. The summed E-state index contributed by atoms with van der Waals surface area (Å²) < 4.78 is 5.75. The topological polar surface area (TPSA) is 58.8 Å². The van der Waals surface area contributed by atoms with Gasteiger partial charge in [0.25, 0.3) is 0 Å². The smallest absolute Gasteiger partial charge is 0.229 e. The molecular weight excluding hydrogens is 266 g/mol. The molecule has 0 bridgehead atoms. The van der Waals surface area contributed by atoms with Gasteiger partial charge in [-0.15, -0.1) is 0 Å². The molecule has 1 fully saturated rings. The van der Waals surface area contributed by atoms with Gasteiger partial charge in [0.2, 0.25) is 5.91 Å². The SMILES string of the molecule is CN1CCN(C(=O)C2COc3ccccc3C2)C(CN)C1. The van der Waals surface area contributed by atoms with Crippen molar-refractivity contribution >= 4 is 5.91 Å². The molecule has 0 radical (unpaired) electrons. The Morgan fingerprint density at radius 1 is 1.38 bits per heavy atom. The van der Waals surface area contributed by atoms with Gasteiger partial charge in [0, 0.05) is 26.2 Å². The molecule has 114 valence electrons. The fourth-order valence-corrected chi connectivity index (χ4v) is 3.22. The van der Waals surface area contributed by atoms with Crippen LogP contribution in [0.15, 0.2) is 24.3 Å². The van der Waals surface area contributed by atoms with Crippen molar-refractivity contribution in [2.75, 3.05) is 39.8 Å². The monoisotopic (exact) mass is 289 g/mol. The van der Waals surface area contributed by atoms with E-state index >= 15 is 0 Å². The zero-order valence-electron chi connectivity index (χ0n) is 12.5. The summed E-state index contributed by atoms with van der Waals surface area (Å²) in [5.41, 5.74) is 6.97. The first-order valence-corrected chi connectivity index (χ1v) is 7.59. The van der Waals surface area contributed by atoms with E-state index in [9.17, 15) is 4.79 Å². The number of hydrogen-bond acceptors (Lipinski definition) is 4. The average Bonchev–Trinajstić information content (AvgIpc) is 2.53. The Morgan fingerprint density at radius 3 is 3.00 bits per heavy atom. The van der Waals surface area contributed by atoms with Crippen molar-refractivity contribution in [3.8, 4) is 5.75 Å². The first kappa shape index (κ1) is 14.4. The Kier molecular flexibility index (Phi) is 4.12. The summed E-state index contributed by atoms with van der Waals surface area (Å²) in [6.07, 6.45) is 0.763. The standard InChI is InChI=1S/C16H23N3O2/c1-18-6-7-19(14(9-17)10-18)16(20)13-8-12-4-2-3-5-15(12)21-11-13/h2-5,13-14H,6-11,17H2,1H3. The highest BCUT2D eigenvalue weighted by Gasteiger charge is 2.34. The third-order valence-corrected chi connectivity index (χ3v) is 4.47. The molecule has 3 rings (SSSR count). The molecule has 1 saturated heterocycles. The lowest BCUT2D eigenvalue weighted by atomic mass is 9.94. The van der Waals surface area contributed by atoms with Crippen LogP contribution in [0.25, 0.3) is 0 Å². The lowest BCUT2D eigenvalue weighted by molar-refractivity contribution is -0.141. The van der Waals surface area contributed by atoms with Crippen molar-refractivity contribution in [1.29, 1.82) is 0 Å². The average molecular weight is 289 g/mol. The number of nitrogens with zero attached hydrogens (tertiary/aromatic N) is 2. The van der Waals surface area contributed by atoms with Gasteiger partial charge in [0.1, 0.15) is 12.4 Å². The van der Waals surface area contributed by atoms with Crippen molar-refractivity contribution in [2.24, 2.45) is 11.7 Å². The summed E-state index contributed by atoms with van der Waals surface area (Å²) in [4.78, 5) is 17.0. The second-order valence-corrected chi connectivity index (χ2v) is 6.00. The Labute approximate surface area is 125 Å². The van der Waals surface area contributed by atoms with E-state index in [-0.39, 0.29) is 17.9 Å². The molecule has 1 amide bonds. The van der Waals surface area contributed by atoms with Crippen LogP contribution in [0.5, 0.6) is 5.75 Å². The molecule has 2 aliphatic heterocycles. The maximum Gasteiger partial charge on any atom is 0.229 e. The van der Waals surface area contributed by atoms with Gasteiger partial charge in [0.05, 0.1) is 12.0 Å². The minimum absolute atomic E-state index is 0.0858. The predicted molar refractivity (Wildman–Crippen MR) is 81.2 cm³/mol. The first-order valence-electron chi connectivity index (χ1n) is 7.59. The summed E-state index contributed by atoms with van der Waals surface area (Å²) in [5.74, 6) is 1.01. The van der Waals surface area contributed by atoms with E-state index in [1.807, 2.05) is 29.2 Å². The molecule has 2 atom stereocenters. The van der Waals surface area contributed by atoms with E-state index in [1.54, 1.807) is 0 Å². The number of likely N-dealkylation sites (N-methyl/N-ethyl adjacent to an activating group) is 1. The minimum Gasteiger partial charge on any atom is -0.492 e. The normalized spacial score (nSPS) is 26.1. The van der Waals surface area contributed by atoms with E-state index < -0.39 is 0 Å². The van der Waals surface area contributed by atoms with Crippen LogP contribution in [0, 0.1) is 5.92 Å². The van der Waals surface area contributed by atoms with Crippen LogP contribution in [0.4, 0.5) is 0 Å². The summed E-state index contributed by atoms with van der Waals surface area (Å²) in [5, 5.41) is 0. The fourth-order valence-electron chi connectivity index (χ4n) is 3.22. The van der Waals surface area contributed by atoms with E-state index in [2.05, 4.69) is 11.9 Å². The number of ether oxygens (including phenoxy) is 1. The van der Waals surface area contributed by atoms with Gasteiger partial charge in [0.15, 0.2) is 0 Å². The molecule has 0 aromatic heterocycles. The second-order valence-electron chi connectivity index (χ2n) is 6.00. The molecular formula is C16H23N3O2. The number of benzene rings is 1. The summed E-state index contributed by atoms with van der Waals surface area (Å²) >= 11 is 0. The Balaban J connectivity index is 1.71. The highest BCUT2D eigenvalue weighted by atomic mass is 16.5. The van der Waals surface area contributed by atoms with Crippen LogP contribution < -0.4 is 10.5 Å². The Hall–Kier alpha value is -1.59. The van der Waals surface area contributed by atoms with Crippen LogP contribution in [-0.2, 0) is 11.2 Å². The summed E-state index contributed by atoms with van der Waals surface area (Å²) in [7, 11) is 2.07. The van der Waals surface area contributed by atoms with Crippen LogP contribution >= 0.6 is 0 Å². The van der Waals surface area contributed by atoms with Crippen molar-refractivity contribution in [3.05, 3.63) is 29.8 Å². The molecule has 0 saturated carbocycles. The van der Waals surface area contributed by atoms with Crippen LogP contribution in [0.2, 0.25) is 0 Å². The van der Waals surface area contributed by atoms with Gasteiger partial charge < -0.3 is 20.3 Å². The molecule has 2 unspecified atom stereocenters. The van der Waals surface area contributed by atoms with Crippen molar-refractivity contribution in [1.82, 2.24) is 9.80 Å². The van der Waals surface area contributed by atoms with Gasteiger partial charge in [-0.1, -0.05) is 18.2 Å². The van der Waals surface area contributed by atoms with Gasteiger partial charge in [-0.2, -0.15) is 0 Å². The molecule has 21 heavy (non-hydrogen) atoms. The number of piperazine rings is 1. The predicted octanol–water partition coefficient (Wildman–Crippen LogP) is 0.339. The third-order valence-electron chi connectivity index (χ3n) is 4.47. The molecule has 5 heteroatoms. The van der Waals surface area contributed by atoms with Crippen molar-refractivity contribution in [2.45, 2.75) is 12.5 Å². The fraction of sp³-hybridized carbons (Fsp3) is 0.562. The Morgan fingerprint density at radius 2 is 2.19 bits per heavy atom. The maximum atomic E-state index is 12.8. The van der Waals surface area contributed by atoms with Crippen molar-refractivity contribution in [3.63, 3.8) is 0 Å². The van der Waals surface area contributed by atoms with Gasteiger partial charge in [-0.05, 0) is 25.1 Å². The number of carbonyl (C=O) groups excluding carboxylic acids is 1. The minimum atomic E-state index is -0.0858. The molecule has 0 aliphatic carbocycles. The first-order chi connectivity index (χ1) is 10.2. The quantitative estimate of drug-likeness (QED) is 0.853. The summed E-state index contributed by atoms with van der Waals surface area (Å²) in [6, 6.07) is 8.08. The van der Waals surface area contributed by atoms with Crippen LogP contribution in [0.3, 0.4) is 0 Å². The maximum absolute atomic E-state index is 12.8. The molecule has 1 aromatic rings. The van der Waals surface area contributed by atoms with Gasteiger partial charge >= 0.3 is 0 Å². The number of nitrogens with two attached hydrogens (primary N) is 1. The lowest BCUT2D eigenvalue weighted by Crippen LogP contribution is -2.58. The molecule has 1 aromatic carbocycles. The number of rotatable bonds is 2. The summed E-state index contributed by atoms with van der Waals surface area (Å²) in [6.45, 7) is 3.51. The van der Waals surface area contributed by atoms with Crippen LogP contribution in [-0.4, -0.2) is 61.6 Å². The highest BCUT2D eigenvalue weighted by Crippen LogP contribution is 2.28. The van der Waals surface area contributed by atoms with Gasteiger partial charge in [-0.25, -0.2) is 0 Å². The van der Waals surface area contributed by atoms with Crippen LogP contribution in [0.1, 0.15) is 5.56 Å². The lowest BCUT2D eigenvalue weighted by Gasteiger charge is -2.41. The van der Waals surface area contributed by atoms with E-state index in [1.165, 1.54) is 0 Å². The van der Waals surface area contributed by atoms with E-state index in [0.29, 0.717) is 13.2 Å². The van der Waals surface area contributed by atoms with Crippen molar-refractivity contribution < 1.29 is 9.53 Å².